The number of hydrogen-bond acceptors (Lipinski definition) is 8. The summed E-state index contributed by atoms with van der Waals surface area (Å²) in [7, 11) is 1.53. The maximum atomic E-state index is 12.4. The van der Waals surface area contributed by atoms with E-state index in [0.29, 0.717) is 58.7 Å². The highest BCUT2D eigenvalue weighted by molar-refractivity contribution is 5.83. The van der Waals surface area contributed by atoms with Crippen LogP contribution in [0.25, 0.3) is 0 Å². The van der Waals surface area contributed by atoms with E-state index in [4.69, 9.17) is 31.4 Å². The molecule has 28 heavy (non-hydrogen) atoms. The van der Waals surface area contributed by atoms with E-state index in [-0.39, 0.29) is 44.5 Å². The Morgan fingerprint density at radius 2 is 1.14 bits per heavy atom. The zero-order valence-corrected chi connectivity index (χ0v) is 17.2. The number of nitrogens with one attached hydrogen (secondary N) is 2. The van der Waals surface area contributed by atoms with E-state index in [2.05, 4.69) is 10.6 Å². The van der Waals surface area contributed by atoms with Crippen molar-refractivity contribution in [3.05, 3.63) is 0 Å². The molecule has 0 aliphatic heterocycles. The molecule has 0 heterocycles. The van der Waals surface area contributed by atoms with Crippen LogP contribution in [0.1, 0.15) is 32.1 Å². The minimum Gasteiger partial charge on any atom is -0.379 e. The molecule has 0 unspecified atom stereocenters. The van der Waals surface area contributed by atoms with Gasteiger partial charge in [0.15, 0.2) is 0 Å². The number of nitrogens with two attached hydrogens (primary N) is 3. The topological polar surface area (TPSA) is 164 Å². The molecule has 2 amide bonds. The van der Waals surface area contributed by atoms with Crippen LogP contribution in [0.15, 0.2) is 0 Å². The average Bonchev–Trinajstić information content (AvgIpc) is 2.70. The third-order valence-corrected chi connectivity index (χ3v) is 3.88. The molecule has 0 bridgehead atoms. The molecule has 0 aliphatic rings. The van der Waals surface area contributed by atoms with Crippen molar-refractivity contribution in [2.75, 3.05) is 66.3 Å². The van der Waals surface area contributed by atoms with Gasteiger partial charge in [0.1, 0.15) is 5.54 Å². The molecule has 0 spiro atoms. The molecule has 10 nitrogen and oxygen atoms in total. The van der Waals surface area contributed by atoms with Crippen LogP contribution in [0.5, 0.6) is 0 Å². The first kappa shape index (κ1) is 26.7. The van der Waals surface area contributed by atoms with Crippen LogP contribution in [0, 0.1) is 0 Å². The van der Waals surface area contributed by atoms with Crippen molar-refractivity contribution in [2.45, 2.75) is 37.6 Å². The van der Waals surface area contributed by atoms with Crippen LogP contribution in [-0.4, -0.2) is 83.7 Å². The van der Waals surface area contributed by atoms with E-state index in [0.717, 1.165) is 0 Å². The Bertz CT molecular complexity index is 381. The summed E-state index contributed by atoms with van der Waals surface area (Å²) >= 11 is 0. The minimum absolute atomic E-state index is 0.0653. The van der Waals surface area contributed by atoms with Crippen LogP contribution in [0.4, 0.5) is 0 Å². The van der Waals surface area contributed by atoms with Gasteiger partial charge in [0.2, 0.25) is 11.8 Å². The fraction of sp³-hybridized carbons (Fsp3) is 0.889. The summed E-state index contributed by atoms with van der Waals surface area (Å²) in [5.74, 6) is -0.464. The molecule has 10 heteroatoms. The minimum atomic E-state index is -0.864. The average molecular weight is 406 g/mol. The Morgan fingerprint density at radius 1 is 0.750 bits per heavy atom. The Balaban J connectivity index is 4.98. The second-order valence-corrected chi connectivity index (χ2v) is 6.59. The predicted molar refractivity (Wildman–Crippen MR) is 108 cm³/mol. The van der Waals surface area contributed by atoms with Crippen LogP contribution >= 0.6 is 0 Å². The SMILES string of the molecule is CNC(=O)CCC(=O)NC(COCCCN)(COCCCN)COCCCN. The van der Waals surface area contributed by atoms with Crippen molar-refractivity contribution in [1.29, 1.82) is 0 Å². The van der Waals surface area contributed by atoms with Crippen molar-refractivity contribution in [3.8, 4) is 0 Å². The fourth-order valence-corrected chi connectivity index (χ4v) is 2.30. The van der Waals surface area contributed by atoms with E-state index in [9.17, 15) is 9.59 Å². The van der Waals surface area contributed by atoms with E-state index >= 15 is 0 Å². The lowest BCUT2D eigenvalue weighted by Gasteiger charge is -2.34. The van der Waals surface area contributed by atoms with Gasteiger partial charge in [0.25, 0.3) is 0 Å². The number of rotatable bonds is 19. The Kier molecular flexibility index (Phi) is 16.9. The van der Waals surface area contributed by atoms with Crippen molar-refractivity contribution in [3.63, 3.8) is 0 Å². The maximum Gasteiger partial charge on any atom is 0.221 e. The van der Waals surface area contributed by atoms with Gasteiger partial charge < -0.3 is 42.0 Å². The van der Waals surface area contributed by atoms with E-state index in [1.54, 1.807) is 0 Å². The lowest BCUT2D eigenvalue weighted by Crippen LogP contribution is -2.58. The zero-order valence-electron chi connectivity index (χ0n) is 17.2. The number of amides is 2. The first-order valence-corrected chi connectivity index (χ1v) is 9.88. The monoisotopic (exact) mass is 405 g/mol. The van der Waals surface area contributed by atoms with Crippen molar-refractivity contribution >= 4 is 11.8 Å². The van der Waals surface area contributed by atoms with E-state index in [1.807, 2.05) is 0 Å². The quantitative estimate of drug-likeness (QED) is 0.161. The van der Waals surface area contributed by atoms with Gasteiger partial charge in [-0.05, 0) is 38.9 Å². The van der Waals surface area contributed by atoms with Gasteiger partial charge in [0, 0.05) is 39.7 Å². The van der Waals surface area contributed by atoms with Crippen molar-refractivity contribution in [1.82, 2.24) is 10.6 Å². The molecule has 0 aromatic rings. The van der Waals surface area contributed by atoms with Gasteiger partial charge in [-0.1, -0.05) is 0 Å². The molecular formula is C18H39N5O5. The van der Waals surface area contributed by atoms with Gasteiger partial charge in [-0.3, -0.25) is 9.59 Å². The lowest BCUT2D eigenvalue weighted by molar-refractivity contribution is -0.130. The Labute approximate surface area is 168 Å². The Morgan fingerprint density at radius 3 is 1.50 bits per heavy atom. The van der Waals surface area contributed by atoms with Gasteiger partial charge in [-0.2, -0.15) is 0 Å². The first-order valence-electron chi connectivity index (χ1n) is 9.88. The normalized spacial score (nSPS) is 11.4. The highest BCUT2D eigenvalue weighted by Gasteiger charge is 2.33. The second kappa shape index (κ2) is 17.8. The van der Waals surface area contributed by atoms with Crippen molar-refractivity contribution < 1.29 is 23.8 Å². The summed E-state index contributed by atoms with van der Waals surface area (Å²) < 4.78 is 17.2. The summed E-state index contributed by atoms with van der Waals surface area (Å²) in [6.45, 7) is 3.61. The summed E-state index contributed by atoms with van der Waals surface area (Å²) in [5, 5.41) is 5.45. The van der Waals surface area contributed by atoms with Crippen LogP contribution in [-0.2, 0) is 23.8 Å². The zero-order chi connectivity index (χ0) is 21.1. The van der Waals surface area contributed by atoms with Crippen LogP contribution in [0.3, 0.4) is 0 Å². The maximum absolute atomic E-state index is 12.4. The number of hydrogen-bond donors (Lipinski definition) is 5. The predicted octanol–water partition coefficient (Wildman–Crippen LogP) is -1.54. The standard InChI is InChI=1S/C18H39N5O5/c1-22-16(24)5-6-17(25)23-18(13-26-10-2-7-19,14-27-11-3-8-20)15-28-12-4-9-21/h2-15,19-21H2,1H3,(H,22,24)(H,23,25). The highest BCUT2D eigenvalue weighted by Crippen LogP contribution is 2.11. The van der Waals surface area contributed by atoms with E-state index in [1.165, 1.54) is 7.05 Å². The smallest absolute Gasteiger partial charge is 0.221 e. The van der Waals surface area contributed by atoms with Gasteiger partial charge >= 0.3 is 0 Å². The lowest BCUT2D eigenvalue weighted by atomic mass is 10.0. The molecule has 0 fully saturated rings. The van der Waals surface area contributed by atoms with Crippen LogP contribution in [0.2, 0.25) is 0 Å². The summed E-state index contributed by atoms with van der Waals surface area (Å²) in [6.07, 6.45) is 2.30. The fourth-order valence-electron chi connectivity index (χ4n) is 2.30. The van der Waals surface area contributed by atoms with Crippen molar-refractivity contribution in [2.24, 2.45) is 17.2 Å². The van der Waals surface area contributed by atoms with Gasteiger partial charge in [-0.15, -0.1) is 0 Å². The number of carbonyl (C=O) groups excluding carboxylic acids is 2. The molecule has 0 atom stereocenters. The molecule has 0 rings (SSSR count). The largest absolute Gasteiger partial charge is 0.379 e. The van der Waals surface area contributed by atoms with Gasteiger partial charge in [0.05, 0.1) is 19.8 Å². The third-order valence-electron chi connectivity index (χ3n) is 3.88. The second-order valence-electron chi connectivity index (χ2n) is 6.59. The molecule has 8 N–H and O–H groups in total. The summed E-state index contributed by atoms with van der Waals surface area (Å²) in [5.41, 5.74) is 15.7. The molecule has 0 aromatic heterocycles. The highest BCUT2D eigenvalue weighted by atomic mass is 16.5. The molecule has 0 saturated heterocycles. The summed E-state index contributed by atoms with van der Waals surface area (Å²) in [6, 6.07) is 0. The molecule has 0 aliphatic carbocycles. The first-order chi connectivity index (χ1) is 13.5. The third kappa shape index (κ3) is 13.8. The molecule has 0 saturated carbocycles. The van der Waals surface area contributed by atoms with E-state index < -0.39 is 5.54 Å². The molecule has 0 radical (unpaired) electrons. The van der Waals surface area contributed by atoms with Crippen LogP contribution < -0.4 is 27.8 Å². The molecule has 0 aromatic carbocycles. The Hall–Kier alpha value is -1.30. The molecule has 166 valence electrons. The number of ether oxygens (including phenoxy) is 3. The number of carbonyl (C=O) groups is 2. The van der Waals surface area contributed by atoms with Gasteiger partial charge in [-0.25, -0.2) is 0 Å². The molecular weight excluding hydrogens is 366 g/mol. The summed E-state index contributed by atoms with van der Waals surface area (Å²) in [4.78, 5) is 23.8.